The lowest BCUT2D eigenvalue weighted by molar-refractivity contribution is -0.152. The molecule has 1 aliphatic heterocycles. The molecule has 0 bridgehead atoms. The number of esters is 2. The molecule has 2 aliphatic rings. The molecular formula is C22H24O8. The van der Waals surface area contributed by atoms with Gasteiger partial charge >= 0.3 is 11.9 Å². The van der Waals surface area contributed by atoms with Crippen molar-refractivity contribution in [3.63, 3.8) is 0 Å². The summed E-state index contributed by atoms with van der Waals surface area (Å²) in [6, 6.07) is 4.64. The second kappa shape index (κ2) is 9.13. The second-order valence-electron chi connectivity index (χ2n) is 7.36. The number of cyclic esters (lactones) is 1. The predicted octanol–water partition coefficient (Wildman–Crippen LogP) is 1.78. The highest BCUT2D eigenvalue weighted by Gasteiger charge is 2.51. The smallest absolute Gasteiger partial charge is 0.331 e. The van der Waals surface area contributed by atoms with E-state index in [1.807, 2.05) is 0 Å². The number of ether oxygens (including phenoxy) is 3. The van der Waals surface area contributed by atoms with E-state index in [1.54, 1.807) is 18.2 Å². The SMILES string of the molecule is COc1ccc(/C=C/C(=O)OC(C)C(=O)C2CC2C(O)C2CC=CC(=O)O2)cc1O. The average molecular weight is 416 g/mol. The number of aliphatic hydroxyl groups is 1. The van der Waals surface area contributed by atoms with Gasteiger partial charge < -0.3 is 24.4 Å². The lowest BCUT2D eigenvalue weighted by atomic mass is 10.0. The Morgan fingerprint density at radius 3 is 2.77 bits per heavy atom. The lowest BCUT2D eigenvalue weighted by Crippen LogP contribution is -2.35. The maximum Gasteiger partial charge on any atom is 0.331 e. The van der Waals surface area contributed by atoms with E-state index in [9.17, 15) is 24.6 Å². The molecule has 1 fully saturated rings. The van der Waals surface area contributed by atoms with Crippen LogP contribution in [-0.2, 0) is 23.9 Å². The number of methoxy groups -OCH3 is 1. The summed E-state index contributed by atoms with van der Waals surface area (Å²) in [4.78, 5) is 35.8. The summed E-state index contributed by atoms with van der Waals surface area (Å²) in [6.45, 7) is 1.48. The van der Waals surface area contributed by atoms with Crippen LogP contribution in [0.1, 0.15) is 25.3 Å². The standard InChI is InChI=1S/C22H24O8/c1-12(29-20(25)9-7-13-6-8-17(28-2)16(23)10-13)21(26)14-11-15(14)22(27)18-4-3-5-19(24)30-18/h3,5-10,12,14-15,18,22-23,27H,4,11H2,1-2H3/b9-7+. The fourth-order valence-electron chi connectivity index (χ4n) is 3.49. The molecule has 0 spiro atoms. The van der Waals surface area contributed by atoms with Crippen molar-refractivity contribution in [3.05, 3.63) is 42.0 Å². The number of carbonyl (C=O) groups is 3. The van der Waals surface area contributed by atoms with Crippen molar-refractivity contribution < 1.29 is 38.8 Å². The molecule has 2 N–H and O–H groups in total. The van der Waals surface area contributed by atoms with Gasteiger partial charge in [-0.1, -0.05) is 12.1 Å². The highest BCUT2D eigenvalue weighted by molar-refractivity contribution is 5.93. The van der Waals surface area contributed by atoms with Gasteiger partial charge in [0.05, 0.1) is 13.2 Å². The van der Waals surface area contributed by atoms with E-state index in [0.717, 1.165) is 6.08 Å². The van der Waals surface area contributed by atoms with Crippen LogP contribution >= 0.6 is 0 Å². The van der Waals surface area contributed by atoms with E-state index in [4.69, 9.17) is 14.2 Å². The Bertz CT molecular complexity index is 887. The van der Waals surface area contributed by atoms with Gasteiger partial charge in [0.2, 0.25) is 0 Å². The summed E-state index contributed by atoms with van der Waals surface area (Å²) in [6.07, 6.45) is 3.86. The topological polar surface area (TPSA) is 119 Å². The van der Waals surface area contributed by atoms with Crippen LogP contribution in [0.4, 0.5) is 0 Å². The van der Waals surface area contributed by atoms with Crippen LogP contribution in [0.5, 0.6) is 11.5 Å². The second-order valence-corrected chi connectivity index (χ2v) is 7.36. The number of ketones is 1. The molecule has 1 aromatic rings. The first-order valence-corrected chi connectivity index (χ1v) is 9.64. The molecule has 0 amide bonds. The van der Waals surface area contributed by atoms with Crippen LogP contribution in [0.25, 0.3) is 6.08 Å². The highest BCUT2D eigenvalue weighted by Crippen LogP contribution is 2.45. The number of hydrogen-bond donors (Lipinski definition) is 2. The minimum Gasteiger partial charge on any atom is -0.504 e. The Labute approximate surface area is 173 Å². The van der Waals surface area contributed by atoms with E-state index in [2.05, 4.69) is 0 Å². The van der Waals surface area contributed by atoms with Gasteiger partial charge in [-0.05, 0) is 43.0 Å². The van der Waals surface area contributed by atoms with Crippen LogP contribution in [0, 0.1) is 11.8 Å². The maximum absolute atomic E-state index is 12.5. The van der Waals surface area contributed by atoms with E-state index >= 15 is 0 Å². The molecule has 5 atom stereocenters. The zero-order valence-electron chi connectivity index (χ0n) is 16.7. The third-order valence-electron chi connectivity index (χ3n) is 5.22. The number of hydrogen-bond acceptors (Lipinski definition) is 8. The molecule has 1 aromatic carbocycles. The van der Waals surface area contributed by atoms with Gasteiger partial charge in [0.1, 0.15) is 6.10 Å². The maximum atomic E-state index is 12.5. The molecule has 8 heteroatoms. The normalized spacial score (nSPS) is 24.8. The number of benzene rings is 1. The van der Waals surface area contributed by atoms with Crippen LogP contribution < -0.4 is 4.74 Å². The minimum absolute atomic E-state index is 0.0611. The van der Waals surface area contributed by atoms with Crippen LogP contribution in [0.2, 0.25) is 0 Å². The first-order chi connectivity index (χ1) is 14.3. The van der Waals surface area contributed by atoms with Crippen molar-refractivity contribution in [2.24, 2.45) is 11.8 Å². The summed E-state index contributed by atoms with van der Waals surface area (Å²) in [5, 5.41) is 20.1. The Hall–Kier alpha value is -3.13. The van der Waals surface area contributed by atoms with Crippen LogP contribution in [-0.4, -0.2) is 53.4 Å². The van der Waals surface area contributed by atoms with Gasteiger partial charge in [0.15, 0.2) is 23.4 Å². The van der Waals surface area contributed by atoms with E-state index < -0.39 is 36.2 Å². The zero-order valence-corrected chi connectivity index (χ0v) is 16.7. The van der Waals surface area contributed by atoms with Crippen molar-refractivity contribution in [3.8, 4) is 11.5 Å². The first-order valence-electron chi connectivity index (χ1n) is 9.64. The molecule has 8 nitrogen and oxygen atoms in total. The first kappa shape index (κ1) is 21.6. The average Bonchev–Trinajstić information content (AvgIpc) is 3.52. The summed E-state index contributed by atoms with van der Waals surface area (Å²) in [7, 11) is 1.43. The molecule has 160 valence electrons. The minimum atomic E-state index is -0.970. The predicted molar refractivity (Wildman–Crippen MR) is 105 cm³/mol. The van der Waals surface area contributed by atoms with Gasteiger partial charge in [-0.3, -0.25) is 4.79 Å². The number of Topliss-reactive ketones (excluding diaryl/α,β-unsaturated/α-hetero) is 1. The molecule has 1 heterocycles. The van der Waals surface area contributed by atoms with Crippen molar-refractivity contribution in [2.75, 3.05) is 7.11 Å². The van der Waals surface area contributed by atoms with Gasteiger partial charge in [-0.15, -0.1) is 0 Å². The molecule has 1 aliphatic carbocycles. The molecule has 30 heavy (non-hydrogen) atoms. The largest absolute Gasteiger partial charge is 0.504 e. The summed E-state index contributed by atoms with van der Waals surface area (Å²) in [5.74, 6) is -1.98. The molecule has 1 saturated carbocycles. The number of carbonyl (C=O) groups excluding carboxylic acids is 3. The zero-order chi connectivity index (χ0) is 21.8. The number of phenolic OH excluding ortho intramolecular Hbond substituents is 1. The van der Waals surface area contributed by atoms with Crippen molar-refractivity contribution in [1.29, 1.82) is 0 Å². The van der Waals surface area contributed by atoms with Gasteiger partial charge in [0, 0.05) is 24.5 Å². The summed E-state index contributed by atoms with van der Waals surface area (Å²) >= 11 is 0. The van der Waals surface area contributed by atoms with E-state index in [-0.39, 0.29) is 17.5 Å². The fourth-order valence-corrected chi connectivity index (χ4v) is 3.49. The number of aromatic hydroxyl groups is 1. The summed E-state index contributed by atoms with van der Waals surface area (Å²) < 4.78 is 15.2. The molecular weight excluding hydrogens is 392 g/mol. The van der Waals surface area contributed by atoms with Crippen LogP contribution in [0.15, 0.2) is 36.4 Å². The third-order valence-corrected chi connectivity index (χ3v) is 5.22. The molecule has 3 rings (SSSR count). The Kier molecular flexibility index (Phi) is 6.56. The number of rotatable bonds is 8. The molecule has 0 radical (unpaired) electrons. The lowest BCUT2D eigenvalue weighted by Gasteiger charge is -2.24. The third kappa shape index (κ3) is 5.07. The highest BCUT2D eigenvalue weighted by atomic mass is 16.6. The van der Waals surface area contributed by atoms with Gasteiger partial charge in [-0.2, -0.15) is 0 Å². The molecule has 5 unspecified atom stereocenters. The van der Waals surface area contributed by atoms with Crippen molar-refractivity contribution in [2.45, 2.75) is 38.1 Å². The molecule has 0 aromatic heterocycles. The van der Waals surface area contributed by atoms with E-state index in [0.29, 0.717) is 24.2 Å². The van der Waals surface area contributed by atoms with Gasteiger partial charge in [-0.25, -0.2) is 9.59 Å². The fraction of sp³-hybridized carbons (Fsp3) is 0.409. The summed E-state index contributed by atoms with van der Waals surface area (Å²) in [5.41, 5.74) is 0.561. The number of aliphatic hydroxyl groups excluding tert-OH is 1. The van der Waals surface area contributed by atoms with E-state index in [1.165, 1.54) is 32.3 Å². The monoisotopic (exact) mass is 416 g/mol. The van der Waals surface area contributed by atoms with Crippen molar-refractivity contribution in [1.82, 2.24) is 0 Å². The van der Waals surface area contributed by atoms with Gasteiger partial charge in [0.25, 0.3) is 0 Å². The Morgan fingerprint density at radius 1 is 1.33 bits per heavy atom. The quantitative estimate of drug-likeness (QED) is 0.486. The van der Waals surface area contributed by atoms with Crippen LogP contribution in [0.3, 0.4) is 0 Å². The molecule has 0 saturated heterocycles. The Balaban J connectivity index is 1.49. The van der Waals surface area contributed by atoms with Crippen molar-refractivity contribution >= 4 is 23.8 Å². The Morgan fingerprint density at radius 2 is 2.10 bits per heavy atom. The number of phenols is 1.